The molecule has 4 amide bonds. The summed E-state index contributed by atoms with van der Waals surface area (Å²) >= 11 is 0. The van der Waals surface area contributed by atoms with Gasteiger partial charge in [0.15, 0.2) is 0 Å². The summed E-state index contributed by atoms with van der Waals surface area (Å²) in [6.45, 7) is 11.0. The Labute approximate surface area is 189 Å². The molecule has 2 aromatic carbocycles. The first-order valence-electron chi connectivity index (χ1n) is 11.2. The minimum Gasteiger partial charge on any atom is -0.332 e. The molecule has 0 radical (unpaired) electrons. The van der Waals surface area contributed by atoms with Crippen LogP contribution in [0.3, 0.4) is 0 Å². The summed E-state index contributed by atoms with van der Waals surface area (Å²) in [6, 6.07) is 13.5. The van der Waals surface area contributed by atoms with E-state index in [1.54, 1.807) is 17.0 Å². The number of likely N-dealkylation sites (tertiary alicyclic amines) is 1. The normalized spacial score (nSPS) is 21.1. The van der Waals surface area contributed by atoms with E-state index in [4.69, 9.17) is 0 Å². The molecule has 4 rings (SSSR count). The minimum absolute atomic E-state index is 0.00441. The molecule has 2 saturated heterocycles. The zero-order chi connectivity index (χ0) is 23.2. The Balaban J connectivity index is 1.59. The smallest absolute Gasteiger partial charge is 0.329 e. The lowest BCUT2D eigenvalue weighted by atomic mass is 9.86. The van der Waals surface area contributed by atoms with Crippen molar-refractivity contribution in [1.82, 2.24) is 10.2 Å². The van der Waals surface area contributed by atoms with Crippen molar-refractivity contribution in [3.05, 3.63) is 65.2 Å². The second-order valence-corrected chi connectivity index (χ2v) is 10.0. The first-order chi connectivity index (χ1) is 15.1. The standard InChI is InChI=1S/C26H31N3O3/c1-16(2)17-8-12-20(13-9-17)29-24(31)22-21(27-25(29)32)14-15-28(22)23(30)18-6-10-19(11-7-18)26(3,4)5/h6-13,16,21-22H,14-15H2,1-5H3,(H,27,32). The first kappa shape index (κ1) is 22.1. The van der Waals surface area contributed by atoms with Crippen molar-refractivity contribution in [2.75, 3.05) is 11.4 Å². The summed E-state index contributed by atoms with van der Waals surface area (Å²) in [5.41, 5.74) is 3.34. The van der Waals surface area contributed by atoms with Crippen molar-refractivity contribution in [2.24, 2.45) is 0 Å². The molecule has 6 heteroatoms. The lowest BCUT2D eigenvalue weighted by Gasteiger charge is -2.37. The van der Waals surface area contributed by atoms with E-state index in [0.717, 1.165) is 11.1 Å². The van der Waals surface area contributed by atoms with Gasteiger partial charge in [-0.1, -0.05) is 58.9 Å². The van der Waals surface area contributed by atoms with Crippen LogP contribution in [-0.2, 0) is 10.2 Å². The zero-order valence-corrected chi connectivity index (χ0v) is 19.4. The Hall–Kier alpha value is -3.15. The number of fused-ring (bicyclic) bond motifs is 1. The third kappa shape index (κ3) is 3.90. The van der Waals surface area contributed by atoms with E-state index < -0.39 is 12.1 Å². The van der Waals surface area contributed by atoms with Gasteiger partial charge < -0.3 is 10.2 Å². The summed E-state index contributed by atoms with van der Waals surface area (Å²) in [4.78, 5) is 42.2. The van der Waals surface area contributed by atoms with E-state index >= 15 is 0 Å². The topological polar surface area (TPSA) is 69.7 Å². The fraction of sp³-hybridized carbons (Fsp3) is 0.423. The van der Waals surface area contributed by atoms with Gasteiger partial charge in [-0.25, -0.2) is 9.69 Å². The second kappa shape index (κ2) is 8.08. The average Bonchev–Trinajstić information content (AvgIpc) is 3.17. The van der Waals surface area contributed by atoms with E-state index in [1.165, 1.54) is 4.90 Å². The SMILES string of the molecule is CC(C)c1ccc(N2C(=O)NC3CCN(C(=O)c4ccc(C(C)(C)C)cc4)C3C2=O)cc1. The maximum absolute atomic E-state index is 13.4. The Morgan fingerprint density at radius 1 is 1.00 bits per heavy atom. The van der Waals surface area contributed by atoms with Crippen LogP contribution >= 0.6 is 0 Å². The van der Waals surface area contributed by atoms with Gasteiger partial charge in [-0.2, -0.15) is 0 Å². The largest absolute Gasteiger partial charge is 0.332 e. The molecule has 2 fully saturated rings. The highest BCUT2D eigenvalue weighted by molar-refractivity contribution is 6.19. The van der Waals surface area contributed by atoms with E-state index in [9.17, 15) is 14.4 Å². The molecule has 2 atom stereocenters. The molecule has 6 nitrogen and oxygen atoms in total. The molecule has 1 N–H and O–H groups in total. The molecule has 2 aliphatic rings. The maximum Gasteiger partial charge on any atom is 0.329 e. The fourth-order valence-electron chi connectivity index (χ4n) is 4.46. The Bertz CT molecular complexity index is 1040. The van der Waals surface area contributed by atoms with Gasteiger partial charge in [-0.05, 0) is 53.1 Å². The van der Waals surface area contributed by atoms with Gasteiger partial charge in [0.05, 0.1) is 11.7 Å². The third-order valence-electron chi connectivity index (χ3n) is 6.46. The molecular formula is C26H31N3O3. The van der Waals surface area contributed by atoms with Crippen LogP contribution < -0.4 is 10.2 Å². The molecule has 0 bridgehead atoms. The maximum atomic E-state index is 13.4. The first-order valence-corrected chi connectivity index (χ1v) is 11.2. The number of urea groups is 1. The van der Waals surface area contributed by atoms with Crippen LogP contribution in [0.4, 0.5) is 10.5 Å². The molecule has 2 unspecified atom stereocenters. The van der Waals surface area contributed by atoms with Crippen LogP contribution in [-0.4, -0.2) is 41.4 Å². The van der Waals surface area contributed by atoms with Crippen LogP contribution in [0, 0.1) is 0 Å². The van der Waals surface area contributed by atoms with Crippen LogP contribution in [0.2, 0.25) is 0 Å². The lowest BCUT2D eigenvalue weighted by molar-refractivity contribution is -0.122. The van der Waals surface area contributed by atoms with Crippen LogP contribution in [0.1, 0.15) is 68.4 Å². The second-order valence-electron chi connectivity index (χ2n) is 10.0. The van der Waals surface area contributed by atoms with Gasteiger partial charge in [-0.3, -0.25) is 9.59 Å². The number of benzene rings is 2. The molecule has 0 aliphatic carbocycles. The quantitative estimate of drug-likeness (QED) is 0.778. The molecule has 2 aromatic rings. The number of rotatable bonds is 3. The van der Waals surface area contributed by atoms with Gasteiger partial charge in [-0.15, -0.1) is 0 Å². The third-order valence-corrected chi connectivity index (χ3v) is 6.46. The minimum atomic E-state index is -0.702. The van der Waals surface area contributed by atoms with Gasteiger partial charge >= 0.3 is 6.03 Å². The zero-order valence-electron chi connectivity index (χ0n) is 19.4. The molecular weight excluding hydrogens is 402 g/mol. The average molecular weight is 434 g/mol. The van der Waals surface area contributed by atoms with Crippen molar-refractivity contribution in [3.8, 4) is 0 Å². The van der Waals surface area contributed by atoms with Crippen LogP contribution in [0.15, 0.2) is 48.5 Å². The van der Waals surface area contributed by atoms with Crippen molar-refractivity contribution >= 4 is 23.5 Å². The number of amides is 4. The highest BCUT2D eigenvalue weighted by atomic mass is 16.2. The monoisotopic (exact) mass is 433 g/mol. The highest BCUT2D eigenvalue weighted by Crippen LogP contribution is 2.30. The van der Waals surface area contributed by atoms with E-state index in [0.29, 0.717) is 30.1 Å². The van der Waals surface area contributed by atoms with Gasteiger partial charge in [0.1, 0.15) is 6.04 Å². The van der Waals surface area contributed by atoms with Gasteiger partial charge in [0.25, 0.3) is 11.8 Å². The molecule has 0 saturated carbocycles. The number of nitrogens with zero attached hydrogens (tertiary/aromatic N) is 2. The number of hydrogen-bond donors (Lipinski definition) is 1. The molecule has 168 valence electrons. The van der Waals surface area contributed by atoms with E-state index in [2.05, 4.69) is 39.9 Å². The van der Waals surface area contributed by atoms with Crippen molar-refractivity contribution in [3.63, 3.8) is 0 Å². The number of carbonyl (C=O) groups excluding carboxylic acids is 3. The highest BCUT2D eigenvalue weighted by Gasteiger charge is 2.50. The summed E-state index contributed by atoms with van der Waals surface area (Å²) in [5, 5.41) is 2.93. The molecule has 32 heavy (non-hydrogen) atoms. The Morgan fingerprint density at radius 2 is 1.62 bits per heavy atom. The summed E-state index contributed by atoms with van der Waals surface area (Å²) in [6.07, 6.45) is 0.564. The lowest BCUT2D eigenvalue weighted by Crippen LogP contribution is -2.65. The van der Waals surface area contributed by atoms with Gasteiger partial charge in [0, 0.05) is 12.1 Å². The Morgan fingerprint density at radius 3 is 2.19 bits per heavy atom. The summed E-state index contributed by atoms with van der Waals surface area (Å²) < 4.78 is 0. The summed E-state index contributed by atoms with van der Waals surface area (Å²) in [5.74, 6) is -0.183. The predicted octanol–water partition coefficient (Wildman–Crippen LogP) is 4.45. The fourth-order valence-corrected chi connectivity index (χ4v) is 4.46. The molecule has 2 heterocycles. The van der Waals surface area contributed by atoms with Crippen LogP contribution in [0.25, 0.3) is 0 Å². The Kier molecular flexibility index (Phi) is 5.57. The predicted molar refractivity (Wildman–Crippen MR) is 125 cm³/mol. The number of anilines is 1. The van der Waals surface area contributed by atoms with Gasteiger partial charge in [0.2, 0.25) is 0 Å². The number of hydrogen-bond acceptors (Lipinski definition) is 3. The number of carbonyl (C=O) groups is 3. The molecule has 0 spiro atoms. The van der Waals surface area contributed by atoms with Crippen molar-refractivity contribution < 1.29 is 14.4 Å². The van der Waals surface area contributed by atoms with E-state index in [1.807, 2.05) is 36.4 Å². The summed E-state index contributed by atoms with van der Waals surface area (Å²) in [7, 11) is 0. The molecule has 2 aliphatic heterocycles. The molecule has 0 aromatic heterocycles. The van der Waals surface area contributed by atoms with Crippen molar-refractivity contribution in [2.45, 2.75) is 64.5 Å². The van der Waals surface area contributed by atoms with Crippen molar-refractivity contribution in [1.29, 1.82) is 0 Å². The van der Waals surface area contributed by atoms with Crippen LogP contribution in [0.5, 0.6) is 0 Å². The van der Waals surface area contributed by atoms with E-state index in [-0.39, 0.29) is 23.3 Å². The number of imide groups is 1. The number of nitrogens with one attached hydrogen (secondary N) is 1.